The molecule has 1 amide bonds. The van der Waals surface area contributed by atoms with Gasteiger partial charge in [0.25, 0.3) is 10.0 Å². The van der Waals surface area contributed by atoms with E-state index in [-0.39, 0.29) is 9.90 Å². The molecule has 0 aliphatic heterocycles. The van der Waals surface area contributed by atoms with Gasteiger partial charge in [0, 0.05) is 5.69 Å². The monoisotopic (exact) mass is 401 g/mol. The van der Waals surface area contributed by atoms with Crippen molar-refractivity contribution in [2.75, 3.05) is 5.32 Å². The third kappa shape index (κ3) is 5.62. The molecule has 1 N–H and O–H groups in total. The van der Waals surface area contributed by atoms with Gasteiger partial charge in [-0.1, -0.05) is 11.6 Å². The smallest absolute Gasteiger partial charge is 0.412 e. The Morgan fingerprint density at radius 2 is 1.92 bits per heavy atom. The van der Waals surface area contributed by atoms with E-state index in [2.05, 4.69) is 10.0 Å². The molecule has 25 heavy (non-hydrogen) atoms. The molecule has 1 aromatic carbocycles. The molecule has 9 heteroatoms. The largest absolute Gasteiger partial charge is 0.444 e. The lowest BCUT2D eigenvalue weighted by molar-refractivity contribution is 0.0636. The third-order valence-corrected chi connectivity index (χ3v) is 5.88. The molecular weight excluding hydrogens is 384 g/mol. The molecule has 1 radical (unpaired) electrons. The van der Waals surface area contributed by atoms with Crippen molar-refractivity contribution in [1.29, 1.82) is 0 Å². The molecule has 2 rings (SSSR count). The second kappa shape index (κ2) is 7.23. The lowest BCUT2D eigenvalue weighted by Crippen LogP contribution is -2.27. The van der Waals surface area contributed by atoms with Crippen molar-refractivity contribution in [2.24, 2.45) is 0 Å². The van der Waals surface area contributed by atoms with Crippen LogP contribution in [0.3, 0.4) is 0 Å². The van der Waals surface area contributed by atoms with Crippen molar-refractivity contribution < 1.29 is 17.9 Å². The number of nitrogens with zero attached hydrogens (tertiary/aromatic N) is 1. The fourth-order valence-corrected chi connectivity index (χ4v) is 4.32. The fourth-order valence-electron chi connectivity index (χ4n) is 1.88. The first kappa shape index (κ1) is 19.6. The van der Waals surface area contributed by atoms with Crippen LogP contribution in [0, 0.1) is 6.92 Å². The number of thiophene rings is 1. The van der Waals surface area contributed by atoms with Crippen molar-refractivity contribution in [3.63, 3.8) is 0 Å². The quantitative estimate of drug-likeness (QED) is 0.805. The first-order valence-corrected chi connectivity index (χ1v) is 9.94. The van der Waals surface area contributed by atoms with Crippen molar-refractivity contribution in [1.82, 2.24) is 4.72 Å². The van der Waals surface area contributed by atoms with Gasteiger partial charge in [0.2, 0.25) is 0 Å². The lowest BCUT2D eigenvalue weighted by Gasteiger charge is -2.20. The summed E-state index contributed by atoms with van der Waals surface area (Å²) < 4.78 is 33.9. The number of benzene rings is 1. The zero-order valence-corrected chi connectivity index (χ0v) is 16.6. The van der Waals surface area contributed by atoms with Gasteiger partial charge in [-0.3, -0.25) is 5.32 Å². The van der Waals surface area contributed by atoms with Crippen LogP contribution in [0.5, 0.6) is 0 Å². The van der Waals surface area contributed by atoms with E-state index in [9.17, 15) is 13.2 Å². The van der Waals surface area contributed by atoms with Crippen LogP contribution in [0.15, 0.2) is 34.5 Å². The van der Waals surface area contributed by atoms with Crippen molar-refractivity contribution in [3.05, 3.63) is 40.2 Å². The molecule has 1 heterocycles. The van der Waals surface area contributed by atoms with Crippen LogP contribution in [0.25, 0.3) is 0 Å². The molecule has 6 nitrogen and oxygen atoms in total. The molecule has 135 valence electrons. The Bertz CT molecular complexity index is 886. The van der Waals surface area contributed by atoms with Crippen LogP contribution in [0.2, 0.25) is 4.34 Å². The van der Waals surface area contributed by atoms with E-state index < -0.39 is 21.7 Å². The molecule has 2 aromatic rings. The topological polar surface area (TPSA) is 86.6 Å². The summed E-state index contributed by atoms with van der Waals surface area (Å²) in [6.45, 7) is 7.04. The standard InChI is InChI=1S/C16H18ClN2O4S2/c1-10-9-11(19-25(21,22)14-8-7-13(17)24-14)5-6-12(10)18-15(20)23-16(2,3)4/h5-9H,1-4H3,(H,18,20). The van der Waals surface area contributed by atoms with Crippen molar-refractivity contribution >= 4 is 50.4 Å². The molecule has 0 atom stereocenters. The van der Waals surface area contributed by atoms with Crippen LogP contribution in [-0.4, -0.2) is 20.1 Å². The zero-order valence-electron chi connectivity index (χ0n) is 14.2. The molecule has 0 aliphatic rings. The average molecular weight is 402 g/mol. The number of halogens is 1. The fraction of sp³-hybridized carbons (Fsp3) is 0.312. The van der Waals surface area contributed by atoms with Gasteiger partial charge in [0.15, 0.2) is 0 Å². The van der Waals surface area contributed by atoms with Crippen LogP contribution in [0.1, 0.15) is 26.3 Å². The van der Waals surface area contributed by atoms with Crippen LogP contribution < -0.4 is 10.0 Å². The van der Waals surface area contributed by atoms with Gasteiger partial charge in [0.1, 0.15) is 9.81 Å². The number of aryl methyl sites for hydroxylation is 1. The summed E-state index contributed by atoms with van der Waals surface area (Å²) in [4.78, 5) is 11.8. The maximum absolute atomic E-state index is 12.2. The van der Waals surface area contributed by atoms with Gasteiger partial charge in [-0.25, -0.2) is 4.79 Å². The van der Waals surface area contributed by atoms with E-state index in [4.69, 9.17) is 16.3 Å². The van der Waals surface area contributed by atoms with E-state index in [0.29, 0.717) is 15.6 Å². The molecular formula is C16H18ClN2O4S2. The summed E-state index contributed by atoms with van der Waals surface area (Å²) in [7, 11) is -3.82. The molecule has 0 aliphatic carbocycles. The second-order valence-electron chi connectivity index (χ2n) is 6.25. The van der Waals surface area contributed by atoms with E-state index >= 15 is 0 Å². The van der Waals surface area contributed by atoms with Crippen LogP contribution >= 0.6 is 22.9 Å². The number of rotatable bonds is 4. The van der Waals surface area contributed by atoms with Crippen LogP contribution in [0.4, 0.5) is 16.2 Å². The normalized spacial score (nSPS) is 11.9. The summed E-state index contributed by atoms with van der Waals surface area (Å²) in [6.07, 6.45) is -0.582. The SMILES string of the molecule is Cc1cc([N]S(=O)(=O)c2ccc(Cl)s2)ccc1NC(=O)OC(C)(C)C. The highest BCUT2D eigenvalue weighted by molar-refractivity contribution is 7.91. The second-order valence-corrected chi connectivity index (χ2v) is 9.80. The summed E-state index contributed by atoms with van der Waals surface area (Å²) in [6, 6.07) is 7.58. The Morgan fingerprint density at radius 1 is 1.24 bits per heavy atom. The number of hydrogen-bond acceptors (Lipinski definition) is 5. The Morgan fingerprint density at radius 3 is 2.44 bits per heavy atom. The highest BCUT2D eigenvalue weighted by atomic mass is 35.5. The Labute approximate surface area is 156 Å². The first-order valence-electron chi connectivity index (χ1n) is 7.30. The summed E-state index contributed by atoms with van der Waals surface area (Å²) in [5.41, 5.74) is 0.830. The van der Waals surface area contributed by atoms with Crippen molar-refractivity contribution in [2.45, 2.75) is 37.5 Å². The Balaban J connectivity index is 2.13. The number of sulfonamides is 1. The number of hydrogen-bond donors (Lipinski definition) is 1. The molecule has 0 unspecified atom stereocenters. The highest BCUT2D eigenvalue weighted by Gasteiger charge is 2.20. The van der Waals surface area contributed by atoms with Gasteiger partial charge < -0.3 is 4.74 Å². The summed E-state index contributed by atoms with van der Waals surface area (Å²) >= 11 is 6.72. The molecule has 1 aromatic heterocycles. The molecule has 0 saturated heterocycles. The third-order valence-electron chi connectivity index (χ3n) is 2.87. The number of anilines is 1. The number of ether oxygens (including phenoxy) is 1. The molecule has 0 fully saturated rings. The van der Waals surface area contributed by atoms with Gasteiger partial charge >= 0.3 is 6.09 Å². The van der Waals surface area contributed by atoms with E-state index in [1.165, 1.54) is 18.2 Å². The highest BCUT2D eigenvalue weighted by Crippen LogP contribution is 2.28. The number of carbonyl (C=O) groups excluding carboxylic acids is 1. The molecule has 0 saturated carbocycles. The minimum absolute atomic E-state index is 0.0751. The maximum atomic E-state index is 12.2. The maximum Gasteiger partial charge on any atom is 0.412 e. The van der Waals surface area contributed by atoms with E-state index in [1.807, 2.05) is 0 Å². The predicted molar refractivity (Wildman–Crippen MR) is 99.3 cm³/mol. The van der Waals surface area contributed by atoms with Gasteiger partial charge in [0.05, 0.1) is 10.0 Å². The lowest BCUT2D eigenvalue weighted by atomic mass is 10.2. The zero-order chi connectivity index (χ0) is 18.8. The number of nitrogens with one attached hydrogen (secondary N) is 1. The summed E-state index contributed by atoms with van der Waals surface area (Å²) in [5.74, 6) is 0. The first-order chi connectivity index (χ1) is 11.5. The van der Waals surface area contributed by atoms with Crippen molar-refractivity contribution in [3.8, 4) is 0 Å². The minimum Gasteiger partial charge on any atom is -0.444 e. The van der Waals surface area contributed by atoms with E-state index in [1.54, 1.807) is 39.8 Å². The number of carbonyl (C=O) groups is 1. The molecule has 0 bridgehead atoms. The Kier molecular flexibility index (Phi) is 5.65. The minimum atomic E-state index is -3.82. The number of amides is 1. The van der Waals surface area contributed by atoms with Gasteiger partial charge in [-0.15, -0.1) is 11.3 Å². The molecule has 0 spiro atoms. The summed E-state index contributed by atoms with van der Waals surface area (Å²) in [5, 5.41) is 2.62. The Hall–Kier alpha value is -1.77. The van der Waals surface area contributed by atoms with Gasteiger partial charge in [-0.2, -0.15) is 13.1 Å². The van der Waals surface area contributed by atoms with Gasteiger partial charge in [-0.05, 0) is 63.6 Å². The predicted octanol–water partition coefficient (Wildman–Crippen LogP) is 4.68. The van der Waals surface area contributed by atoms with Crippen LogP contribution in [-0.2, 0) is 14.8 Å². The average Bonchev–Trinajstić information content (AvgIpc) is 2.87. The van der Waals surface area contributed by atoms with E-state index in [0.717, 1.165) is 11.3 Å².